The molecule has 0 saturated carbocycles. The molecule has 2 aromatic heterocycles. The number of hydrogen-bond donors (Lipinski definition) is 1. The summed E-state index contributed by atoms with van der Waals surface area (Å²) < 4.78 is 0. The molecule has 0 spiro atoms. The maximum absolute atomic E-state index is 8.94. The van der Waals surface area contributed by atoms with Crippen LogP contribution in [0.5, 0.6) is 0 Å². The Hall–Kier alpha value is -2.00. The van der Waals surface area contributed by atoms with Crippen molar-refractivity contribution in [2.24, 2.45) is 0 Å². The Morgan fingerprint density at radius 2 is 2.17 bits per heavy atom. The molecule has 0 amide bonds. The monoisotopic (exact) mass is 259 g/mol. The topological polar surface area (TPSA) is 74.5 Å². The molecule has 2 aromatic rings. The second kappa shape index (κ2) is 5.56. The summed E-state index contributed by atoms with van der Waals surface area (Å²) in [4.78, 5) is 13.7. The van der Waals surface area contributed by atoms with E-state index in [1.807, 2.05) is 19.2 Å². The Labute approximate surface area is 110 Å². The molecule has 0 bridgehead atoms. The molecule has 0 aliphatic rings. The van der Waals surface area contributed by atoms with E-state index in [0.29, 0.717) is 11.5 Å². The zero-order valence-corrected chi connectivity index (χ0v) is 11.0. The number of rotatable bonds is 4. The van der Waals surface area contributed by atoms with Gasteiger partial charge in [0.05, 0.1) is 6.04 Å². The van der Waals surface area contributed by atoms with Gasteiger partial charge < -0.3 is 5.32 Å². The largest absolute Gasteiger partial charge is 0.359 e. The summed E-state index contributed by atoms with van der Waals surface area (Å²) in [7, 11) is 0. The summed E-state index contributed by atoms with van der Waals surface area (Å²) >= 11 is 1.67. The molecule has 0 aromatic carbocycles. The third kappa shape index (κ3) is 2.63. The van der Waals surface area contributed by atoms with Crippen molar-refractivity contribution < 1.29 is 0 Å². The highest BCUT2D eigenvalue weighted by Gasteiger charge is 2.13. The lowest BCUT2D eigenvalue weighted by atomic mass is 10.3. The molecule has 6 heteroatoms. The Balaban J connectivity index is 2.16. The highest BCUT2D eigenvalue weighted by Crippen LogP contribution is 2.23. The molecule has 0 aliphatic carbocycles. The van der Waals surface area contributed by atoms with Gasteiger partial charge in [-0.15, -0.1) is 11.3 Å². The zero-order chi connectivity index (χ0) is 13.0. The lowest BCUT2D eigenvalue weighted by Crippen LogP contribution is -2.09. The lowest BCUT2D eigenvalue weighted by Gasteiger charge is -2.11. The molecule has 0 aliphatic heterocycles. The van der Waals surface area contributed by atoms with E-state index < -0.39 is 0 Å². The van der Waals surface area contributed by atoms with Crippen LogP contribution in [0.1, 0.15) is 35.5 Å². The predicted octanol–water partition coefficient (Wildman–Crippen LogP) is 2.54. The molecule has 0 saturated heterocycles. The van der Waals surface area contributed by atoms with Gasteiger partial charge in [0.2, 0.25) is 0 Å². The maximum Gasteiger partial charge on any atom is 0.182 e. The van der Waals surface area contributed by atoms with Crippen LogP contribution in [-0.2, 0) is 6.42 Å². The van der Waals surface area contributed by atoms with E-state index >= 15 is 0 Å². The van der Waals surface area contributed by atoms with E-state index in [1.54, 1.807) is 17.5 Å². The molecule has 2 rings (SSSR count). The molecular formula is C12H13N5S. The summed E-state index contributed by atoms with van der Waals surface area (Å²) in [6, 6.07) is 2.03. The van der Waals surface area contributed by atoms with Gasteiger partial charge >= 0.3 is 0 Å². The average molecular weight is 259 g/mol. The predicted molar refractivity (Wildman–Crippen MR) is 70.3 cm³/mol. The Morgan fingerprint density at radius 1 is 1.39 bits per heavy atom. The smallest absolute Gasteiger partial charge is 0.182 e. The first-order chi connectivity index (χ1) is 8.74. The van der Waals surface area contributed by atoms with Gasteiger partial charge in [-0.25, -0.2) is 15.0 Å². The molecule has 2 heterocycles. The zero-order valence-electron chi connectivity index (χ0n) is 10.2. The fraction of sp³-hybridized carbons (Fsp3) is 0.333. The molecular weight excluding hydrogens is 246 g/mol. The van der Waals surface area contributed by atoms with Gasteiger partial charge in [0.15, 0.2) is 11.5 Å². The van der Waals surface area contributed by atoms with Crippen molar-refractivity contribution in [2.45, 2.75) is 26.3 Å². The van der Waals surface area contributed by atoms with Crippen LogP contribution >= 0.6 is 11.3 Å². The summed E-state index contributed by atoms with van der Waals surface area (Å²) in [5, 5.41) is 13.1. The fourth-order valence-corrected chi connectivity index (χ4v) is 2.34. The van der Waals surface area contributed by atoms with Crippen molar-refractivity contribution in [3.63, 3.8) is 0 Å². The Kier molecular flexibility index (Phi) is 3.85. The molecule has 1 atom stereocenters. The van der Waals surface area contributed by atoms with Crippen LogP contribution in [0.3, 0.4) is 0 Å². The second-order valence-electron chi connectivity index (χ2n) is 3.75. The number of thiazole rings is 1. The molecule has 18 heavy (non-hydrogen) atoms. The highest BCUT2D eigenvalue weighted by atomic mass is 32.1. The molecule has 0 radical (unpaired) electrons. The normalized spacial score (nSPS) is 11.8. The minimum atomic E-state index is 0.0131. The van der Waals surface area contributed by atoms with Crippen molar-refractivity contribution in [2.75, 3.05) is 5.32 Å². The Bertz CT molecular complexity index is 572. The lowest BCUT2D eigenvalue weighted by molar-refractivity contribution is 0.856. The minimum Gasteiger partial charge on any atom is -0.359 e. The molecule has 1 N–H and O–H groups in total. The average Bonchev–Trinajstić information content (AvgIpc) is 2.88. The minimum absolute atomic E-state index is 0.0131. The first-order valence-corrected chi connectivity index (χ1v) is 6.48. The first kappa shape index (κ1) is 12.5. The van der Waals surface area contributed by atoms with E-state index in [4.69, 9.17) is 5.26 Å². The molecule has 0 fully saturated rings. The quantitative estimate of drug-likeness (QED) is 0.913. The number of anilines is 1. The second-order valence-corrected chi connectivity index (χ2v) is 4.90. The van der Waals surface area contributed by atoms with E-state index in [2.05, 4.69) is 27.2 Å². The van der Waals surface area contributed by atoms with E-state index in [0.717, 1.165) is 11.4 Å². The van der Waals surface area contributed by atoms with Gasteiger partial charge in [0.1, 0.15) is 11.1 Å². The van der Waals surface area contributed by atoms with Crippen molar-refractivity contribution in [3.8, 4) is 6.07 Å². The van der Waals surface area contributed by atoms with Crippen molar-refractivity contribution in [3.05, 3.63) is 34.2 Å². The van der Waals surface area contributed by atoms with Crippen LogP contribution in [0.4, 0.5) is 5.82 Å². The van der Waals surface area contributed by atoms with Crippen LogP contribution in [0.25, 0.3) is 0 Å². The Morgan fingerprint density at radius 3 is 2.83 bits per heavy atom. The summed E-state index contributed by atoms with van der Waals surface area (Å²) in [5.74, 6) is 0.501. The van der Waals surface area contributed by atoms with Crippen LogP contribution in [0.15, 0.2) is 18.6 Å². The summed E-state index contributed by atoms with van der Waals surface area (Å²) in [6.07, 6.45) is 5.95. The number of hydrogen-bond acceptors (Lipinski definition) is 6. The van der Waals surface area contributed by atoms with Gasteiger partial charge in [-0.2, -0.15) is 5.26 Å². The molecule has 5 nitrogen and oxygen atoms in total. The summed E-state index contributed by atoms with van der Waals surface area (Å²) in [6.45, 7) is 4.10. The van der Waals surface area contributed by atoms with Gasteiger partial charge in [0.25, 0.3) is 0 Å². The van der Waals surface area contributed by atoms with Gasteiger partial charge in [-0.05, 0) is 13.3 Å². The van der Waals surface area contributed by atoms with Gasteiger partial charge in [-0.3, -0.25) is 0 Å². The number of aryl methyl sites for hydroxylation is 1. The van der Waals surface area contributed by atoms with Crippen LogP contribution < -0.4 is 5.32 Å². The maximum atomic E-state index is 8.94. The van der Waals surface area contributed by atoms with Crippen molar-refractivity contribution in [1.29, 1.82) is 5.26 Å². The van der Waals surface area contributed by atoms with E-state index in [9.17, 15) is 0 Å². The molecule has 92 valence electrons. The molecule has 1 unspecified atom stereocenters. The van der Waals surface area contributed by atoms with Crippen LogP contribution in [-0.4, -0.2) is 15.0 Å². The van der Waals surface area contributed by atoms with Crippen LogP contribution in [0.2, 0.25) is 0 Å². The number of aromatic nitrogens is 3. The third-order valence-electron chi connectivity index (χ3n) is 2.45. The third-order valence-corrected chi connectivity index (χ3v) is 3.77. The van der Waals surface area contributed by atoms with E-state index in [1.165, 1.54) is 11.1 Å². The SMILES string of the molecule is CCc1cnc(C(C)Nc2nccnc2C#N)s1. The number of nitrogens with one attached hydrogen (secondary N) is 1. The van der Waals surface area contributed by atoms with Gasteiger partial charge in [0, 0.05) is 23.5 Å². The standard InChI is InChI=1S/C12H13N5S/c1-3-9-7-16-12(18-9)8(2)17-11-10(6-13)14-4-5-15-11/h4-5,7-8H,3H2,1-2H3,(H,15,17). The highest BCUT2D eigenvalue weighted by molar-refractivity contribution is 7.11. The van der Waals surface area contributed by atoms with Crippen molar-refractivity contribution >= 4 is 17.2 Å². The van der Waals surface area contributed by atoms with E-state index in [-0.39, 0.29) is 6.04 Å². The number of nitrogens with zero attached hydrogens (tertiary/aromatic N) is 4. The first-order valence-electron chi connectivity index (χ1n) is 5.66. The van der Waals surface area contributed by atoms with Gasteiger partial charge in [-0.1, -0.05) is 6.92 Å². The fourth-order valence-electron chi connectivity index (χ4n) is 1.48. The summed E-state index contributed by atoms with van der Waals surface area (Å²) in [5.41, 5.74) is 0.302. The van der Waals surface area contributed by atoms with Crippen LogP contribution in [0, 0.1) is 11.3 Å². The van der Waals surface area contributed by atoms with Crippen molar-refractivity contribution in [1.82, 2.24) is 15.0 Å². The number of nitriles is 1.